The van der Waals surface area contributed by atoms with Gasteiger partial charge in [-0.1, -0.05) is 18.2 Å². The lowest BCUT2D eigenvalue weighted by atomic mass is 10.2. The Labute approximate surface area is 100 Å². The number of rotatable bonds is 0. The van der Waals surface area contributed by atoms with Gasteiger partial charge in [-0.05, 0) is 41.1 Å². The highest BCUT2D eigenvalue weighted by atomic mass is 127. The lowest BCUT2D eigenvalue weighted by Gasteiger charge is -1.91. The third kappa shape index (κ3) is 10.4. The molecule has 0 aliphatic heterocycles. The second kappa shape index (κ2) is 6.06. The highest BCUT2D eigenvalue weighted by molar-refractivity contribution is 14.1. The summed E-state index contributed by atoms with van der Waals surface area (Å²) in [5.41, 5.74) is 1.35. The SMILES string of the molecule is Cc1ccccc1I.O=S(=O)(Cl)Cl. The van der Waals surface area contributed by atoms with Gasteiger partial charge in [0.25, 0.3) is 0 Å². The standard InChI is InChI=1S/C7H7I.Cl2O2S/c1-6-4-2-3-5-7(6)8;1-5(2,3)4/h2-5H,1H3;. The fourth-order valence-corrected chi connectivity index (χ4v) is 0.938. The van der Waals surface area contributed by atoms with E-state index in [0.29, 0.717) is 0 Å². The van der Waals surface area contributed by atoms with Gasteiger partial charge in [0.1, 0.15) is 0 Å². The van der Waals surface area contributed by atoms with Crippen LogP contribution in [0.4, 0.5) is 0 Å². The smallest absolute Gasteiger partial charge is 0.195 e. The van der Waals surface area contributed by atoms with Crippen molar-refractivity contribution in [2.45, 2.75) is 6.92 Å². The van der Waals surface area contributed by atoms with E-state index in [2.05, 4.69) is 75.1 Å². The molecule has 6 heteroatoms. The van der Waals surface area contributed by atoms with Gasteiger partial charge in [-0.25, -0.2) is 0 Å². The summed E-state index contributed by atoms with van der Waals surface area (Å²) in [5, 5.41) is 0. The second-order valence-corrected chi connectivity index (χ2v) is 6.96. The molecule has 1 aromatic rings. The van der Waals surface area contributed by atoms with Crippen molar-refractivity contribution >= 4 is 52.2 Å². The van der Waals surface area contributed by atoms with Crippen molar-refractivity contribution in [1.82, 2.24) is 0 Å². The van der Waals surface area contributed by atoms with Gasteiger partial charge in [0.2, 0.25) is 0 Å². The molecule has 0 heterocycles. The Balaban J connectivity index is 0.000000252. The van der Waals surface area contributed by atoms with Crippen LogP contribution in [0.15, 0.2) is 24.3 Å². The Morgan fingerprint density at radius 1 is 1.23 bits per heavy atom. The number of aryl methyl sites for hydroxylation is 1. The molecule has 0 unspecified atom stereocenters. The lowest BCUT2D eigenvalue weighted by molar-refractivity contribution is 0.621. The van der Waals surface area contributed by atoms with Crippen LogP contribution in [-0.2, 0) is 8.26 Å². The quantitative estimate of drug-likeness (QED) is 0.530. The molecule has 1 aromatic carbocycles. The second-order valence-electron chi connectivity index (χ2n) is 2.13. The van der Waals surface area contributed by atoms with Gasteiger partial charge >= 0.3 is 8.26 Å². The van der Waals surface area contributed by atoms with E-state index in [1.807, 2.05) is 0 Å². The summed E-state index contributed by atoms with van der Waals surface area (Å²) >= 11 is 2.32. The van der Waals surface area contributed by atoms with Crippen LogP contribution >= 0.6 is 44.0 Å². The zero-order chi connectivity index (χ0) is 10.5. The molecular formula is C7H7Cl2IO2S. The average molecular weight is 353 g/mol. The average Bonchev–Trinajstić information content (AvgIpc) is 1.92. The molecule has 0 amide bonds. The first-order chi connectivity index (χ1) is 5.80. The van der Waals surface area contributed by atoms with Crippen molar-refractivity contribution in [1.29, 1.82) is 0 Å². The molecule has 0 atom stereocenters. The van der Waals surface area contributed by atoms with Gasteiger partial charge in [-0.3, -0.25) is 0 Å². The minimum atomic E-state index is -3.72. The molecule has 0 saturated carbocycles. The Hall–Kier alpha value is 0.480. The molecule has 0 aliphatic carbocycles. The Morgan fingerprint density at radius 2 is 1.62 bits per heavy atom. The van der Waals surface area contributed by atoms with Gasteiger partial charge in [-0.2, -0.15) is 8.42 Å². The number of hydrogen-bond acceptors (Lipinski definition) is 2. The topological polar surface area (TPSA) is 34.1 Å². The van der Waals surface area contributed by atoms with Gasteiger partial charge < -0.3 is 0 Å². The summed E-state index contributed by atoms with van der Waals surface area (Å²) in [5.74, 6) is 0. The van der Waals surface area contributed by atoms with E-state index >= 15 is 0 Å². The van der Waals surface area contributed by atoms with Crippen LogP contribution in [0.3, 0.4) is 0 Å². The van der Waals surface area contributed by atoms with E-state index in [-0.39, 0.29) is 0 Å². The van der Waals surface area contributed by atoms with E-state index in [1.54, 1.807) is 0 Å². The molecule has 2 nitrogen and oxygen atoms in total. The molecule has 0 fully saturated rings. The maximum atomic E-state index is 9.16. The fourth-order valence-electron chi connectivity index (χ4n) is 0.551. The van der Waals surface area contributed by atoms with Crippen LogP contribution in [-0.4, -0.2) is 8.42 Å². The molecular weight excluding hydrogens is 346 g/mol. The zero-order valence-electron chi connectivity index (χ0n) is 6.67. The molecule has 0 radical (unpaired) electrons. The first-order valence-corrected chi connectivity index (χ1v) is 7.37. The van der Waals surface area contributed by atoms with Gasteiger partial charge in [-0.15, -0.1) is 0 Å². The Morgan fingerprint density at radius 3 is 1.85 bits per heavy atom. The zero-order valence-corrected chi connectivity index (χ0v) is 11.2. The van der Waals surface area contributed by atoms with Crippen LogP contribution in [0.25, 0.3) is 0 Å². The summed E-state index contributed by atoms with van der Waals surface area (Å²) in [6.45, 7) is 2.11. The van der Waals surface area contributed by atoms with Crippen LogP contribution < -0.4 is 0 Å². The first kappa shape index (κ1) is 13.5. The van der Waals surface area contributed by atoms with E-state index < -0.39 is 8.26 Å². The van der Waals surface area contributed by atoms with Gasteiger partial charge in [0.05, 0.1) is 0 Å². The number of benzene rings is 1. The summed E-state index contributed by atoms with van der Waals surface area (Å²) in [4.78, 5) is 0. The van der Waals surface area contributed by atoms with Crippen molar-refractivity contribution in [3.05, 3.63) is 33.4 Å². The van der Waals surface area contributed by atoms with E-state index in [1.165, 1.54) is 9.13 Å². The lowest BCUT2D eigenvalue weighted by Crippen LogP contribution is -1.74. The molecule has 0 N–H and O–H groups in total. The largest absolute Gasteiger partial charge is 0.317 e. The molecule has 74 valence electrons. The monoisotopic (exact) mass is 352 g/mol. The van der Waals surface area contributed by atoms with Crippen LogP contribution in [0.2, 0.25) is 0 Å². The van der Waals surface area contributed by atoms with Gasteiger partial charge in [0, 0.05) is 24.9 Å². The summed E-state index contributed by atoms with van der Waals surface area (Å²) in [7, 11) is 4.81. The normalized spacial score (nSPS) is 10.2. The first-order valence-electron chi connectivity index (χ1n) is 3.16. The maximum Gasteiger partial charge on any atom is 0.317 e. The van der Waals surface area contributed by atoms with E-state index in [0.717, 1.165) is 0 Å². The summed E-state index contributed by atoms with van der Waals surface area (Å²) in [6.07, 6.45) is 0. The molecule has 0 saturated heterocycles. The summed E-state index contributed by atoms with van der Waals surface area (Å²) in [6, 6.07) is 8.32. The fraction of sp³-hybridized carbons (Fsp3) is 0.143. The number of halogens is 3. The molecule has 0 bridgehead atoms. The van der Waals surface area contributed by atoms with Crippen LogP contribution in [0.1, 0.15) is 5.56 Å². The maximum absolute atomic E-state index is 9.16. The van der Waals surface area contributed by atoms with Crippen LogP contribution in [0, 0.1) is 10.5 Å². The third-order valence-electron chi connectivity index (χ3n) is 1.08. The Kier molecular flexibility index (Phi) is 6.28. The molecule has 13 heavy (non-hydrogen) atoms. The molecule has 0 spiro atoms. The van der Waals surface area contributed by atoms with Gasteiger partial charge in [0.15, 0.2) is 0 Å². The number of hydrogen-bond donors (Lipinski definition) is 0. The highest BCUT2D eigenvalue weighted by Gasteiger charge is 1.88. The highest BCUT2D eigenvalue weighted by Crippen LogP contribution is 2.08. The third-order valence-corrected chi connectivity index (χ3v) is 2.29. The van der Waals surface area contributed by atoms with Crippen molar-refractivity contribution in [3.8, 4) is 0 Å². The van der Waals surface area contributed by atoms with E-state index in [9.17, 15) is 0 Å². The van der Waals surface area contributed by atoms with Crippen molar-refractivity contribution in [3.63, 3.8) is 0 Å². The van der Waals surface area contributed by atoms with E-state index in [4.69, 9.17) is 8.42 Å². The predicted molar refractivity (Wildman–Crippen MR) is 64.5 cm³/mol. The molecule has 1 rings (SSSR count). The van der Waals surface area contributed by atoms with Crippen molar-refractivity contribution < 1.29 is 8.42 Å². The summed E-state index contributed by atoms with van der Waals surface area (Å²) < 4.78 is 19.7. The predicted octanol–water partition coefficient (Wildman–Crippen LogP) is 3.31. The van der Waals surface area contributed by atoms with Crippen molar-refractivity contribution in [2.24, 2.45) is 0 Å². The Bertz CT molecular complexity index is 336. The van der Waals surface area contributed by atoms with Crippen LogP contribution in [0.5, 0.6) is 0 Å². The molecule has 0 aliphatic rings. The minimum Gasteiger partial charge on any atom is -0.195 e. The van der Waals surface area contributed by atoms with Crippen molar-refractivity contribution in [2.75, 3.05) is 0 Å². The molecule has 0 aromatic heterocycles. The minimum absolute atomic E-state index is 1.34.